The molecule has 0 saturated carbocycles. The van der Waals surface area contributed by atoms with E-state index in [0.717, 1.165) is 51.4 Å². The van der Waals surface area contributed by atoms with E-state index in [4.69, 9.17) is 5.11 Å². The predicted molar refractivity (Wildman–Crippen MR) is 78.7 cm³/mol. The molecule has 0 rings (SSSR count). The zero-order chi connectivity index (χ0) is 15.2. The Morgan fingerprint density at radius 2 is 1.10 bits per heavy atom. The molecule has 0 amide bonds. The molecule has 0 aromatic carbocycles. The van der Waals surface area contributed by atoms with E-state index in [1.807, 2.05) is 0 Å². The Morgan fingerprint density at radius 3 is 1.55 bits per heavy atom. The van der Waals surface area contributed by atoms with E-state index >= 15 is 0 Å². The first-order valence-corrected chi connectivity index (χ1v) is 7.75. The van der Waals surface area contributed by atoms with Crippen LogP contribution in [-0.4, -0.2) is 22.6 Å². The number of Topliss-reactive ketones (excluding diaryl/α,β-unsaturated/α-hetero) is 2. The van der Waals surface area contributed by atoms with Gasteiger partial charge in [0, 0.05) is 25.7 Å². The lowest BCUT2D eigenvalue weighted by molar-refractivity contribution is -0.137. The van der Waals surface area contributed by atoms with Gasteiger partial charge >= 0.3 is 5.97 Å². The van der Waals surface area contributed by atoms with E-state index in [2.05, 4.69) is 0 Å². The van der Waals surface area contributed by atoms with Crippen LogP contribution in [0.15, 0.2) is 0 Å². The fourth-order valence-corrected chi connectivity index (χ4v) is 2.10. The minimum atomic E-state index is -0.709. The van der Waals surface area contributed by atoms with Crippen molar-refractivity contribution in [1.82, 2.24) is 0 Å². The third-order valence-corrected chi connectivity index (χ3v) is 3.35. The molecule has 0 radical (unpaired) electrons. The standard InChI is InChI=1S/C16H28O4/c1-14(17)12-13-15(18)10-8-6-4-2-3-5-7-9-11-16(19)20/h2-13H2,1H3,(H,19,20). The minimum absolute atomic E-state index is 0.0845. The Kier molecular flexibility index (Phi) is 12.1. The number of rotatable bonds is 14. The third kappa shape index (κ3) is 14.9. The highest BCUT2D eigenvalue weighted by Gasteiger charge is 2.03. The first-order valence-electron chi connectivity index (χ1n) is 7.75. The summed E-state index contributed by atoms with van der Waals surface area (Å²) in [6, 6.07) is 0. The molecule has 0 aliphatic heterocycles. The van der Waals surface area contributed by atoms with Gasteiger partial charge in [-0.25, -0.2) is 0 Å². The van der Waals surface area contributed by atoms with Gasteiger partial charge in [0.05, 0.1) is 0 Å². The first kappa shape index (κ1) is 18.8. The summed E-state index contributed by atoms with van der Waals surface area (Å²) in [5.74, 6) is -0.422. The van der Waals surface area contributed by atoms with E-state index < -0.39 is 5.97 Å². The molecular weight excluding hydrogens is 256 g/mol. The van der Waals surface area contributed by atoms with Crippen LogP contribution in [0.2, 0.25) is 0 Å². The highest BCUT2D eigenvalue weighted by atomic mass is 16.4. The van der Waals surface area contributed by atoms with Crippen molar-refractivity contribution in [2.75, 3.05) is 0 Å². The number of carbonyl (C=O) groups excluding carboxylic acids is 2. The molecule has 0 unspecified atom stereocenters. The number of carboxylic acids is 1. The van der Waals surface area contributed by atoms with Crippen LogP contribution in [0.5, 0.6) is 0 Å². The van der Waals surface area contributed by atoms with Crippen LogP contribution in [0, 0.1) is 0 Å². The van der Waals surface area contributed by atoms with Crippen LogP contribution in [0.1, 0.15) is 84.0 Å². The molecule has 0 aromatic heterocycles. The zero-order valence-corrected chi connectivity index (χ0v) is 12.7. The summed E-state index contributed by atoms with van der Waals surface area (Å²) in [6.45, 7) is 1.52. The number of hydrogen-bond donors (Lipinski definition) is 1. The average molecular weight is 284 g/mol. The number of carbonyl (C=O) groups is 3. The van der Waals surface area contributed by atoms with E-state index in [1.165, 1.54) is 6.92 Å². The van der Waals surface area contributed by atoms with E-state index in [1.54, 1.807) is 0 Å². The average Bonchev–Trinajstić information content (AvgIpc) is 2.38. The Hall–Kier alpha value is -1.19. The Balaban J connectivity index is 3.18. The molecule has 0 heterocycles. The van der Waals surface area contributed by atoms with Gasteiger partial charge in [0.15, 0.2) is 0 Å². The topological polar surface area (TPSA) is 71.4 Å². The third-order valence-electron chi connectivity index (χ3n) is 3.35. The zero-order valence-electron chi connectivity index (χ0n) is 12.7. The number of aliphatic carboxylic acids is 1. The maximum atomic E-state index is 11.4. The molecule has 0 saturated heterocycles. The number of unbranched alkanes of at least 4 members (excludes halogenated alkanes) is 7. The van der Waals surface area contributed by atoms with E-state index in [-0.39, 0.29) is 18.0 Å². The lowest BCUT2D eigenvalue weighted by atomic mass is 10.0. The normalized spacial score (nSPS) is 10.4. The van der Waals surface area contributed by atoms with E-state index in [9.17, 15) is 14.4 Å². The van der Waals surface area contributed by atoms with Crippen LogP contribution in [0.25, 0.3) is 0 Å². The highest BCUT2D eigenvalue weighted by Crippen LogP contribution is 2.11. The van der Waals surface area contributed by atoms with Gasteiger partial charge in [-0.1, -0.05) is 38.5 Å². The summed E-state index contributed by atoms with van der Waals surface area (Å²) in [5.41, 5.74) is 0. The molecule has 4 nitrogen and oxygen atoms in total. The number of hydrogen-bond acceptors (Lipinski definition) is 3. The quantitative estimate of drug-likeness (QED) is 0.491. The van der Waals surface area contributed by atoms with Gasteiger partial charge in [0.1, 0.15) is 11.6 Å². The molecule has 0 aromatic rings. The largest absolute Gasteiger partial charge is 0.481 e. The van der Waals surface area contributed by atoms with Gasteiger partial charge in [-0.3, -0.25) is 9.59 Å². The van der Waals surface area contributed by atoms with Gasteiger partial charge in [0.25, 0.3) is 0 Å². The predicted octanol–water partition coefficient (Wildman–Crippen LogP) is 3.91. The molecule has 0 aliphatic rings. The molecule has 1 N–H and O–H groups in total. The SMILES string of the molecule is CC(=O)CCC(=O)CCCCCCCCCCC(=O)O. The Bertz CT molecular complexity index is 297. The first-order chi connectivity index (χ1) is 9.52. The number of carboxylic acid groups (broad SMARTS) is 1. The Morgan fingerprint density at radius 1 is 0.650 bits per heavy atom. The molecule has 0 atom stereocenters. The second-order valence-corrected chi connectivity index (χ2v) is 5.46. The molecule has 0 fully saturated rings. The van der Waals surface area contributed by atoms with Crippen molar-refractivity contribution in [1.29, 1.82) is 0 Å². The van der Waals surface area contributed by atoms with Crippen LogP contribution in [-0.2, 0) is 14.4 Å². The van der Waals surface area contributed by atoms with Crippen molar-refractivity contribution in [3.05, 3.63) is 0 Å². The van der Waals surface area contributed by atoms with Crippen LogP contribution in [0.4, 0.5) is 0 Å². The lowest BCUT2D eigenvalue weighted by Crippen LogP contribution is -2.01. The van der Waals surface area contributed by atoms with Gasteiger partial charge in [-0.05, 0) is 19.8 Å². The molecule has 116 valence electrons. The smallest absolute Gasteiger partial charge is 0.303 e. The highest BCUT2D eigenvalue weighted by molar-refractivity contribution is 5.84. The van der Waals surface area contributed by atoms with Crippen molar-refractivity contribution in [2.45, 2.75) is 84.0 Å². The second kappa shape index (κ2) is 12.8. The maximum Gasteiger partial charge on any atom is 0.303 e. The van der Waals surface area contributed by atoms with Crippen molar-refractivity contribution in [3.8, 4) is 0 Å². The van der Waals surface area contributed by atoms with Crippen LogP contribution < -0.4 is 0 Å². The molecular formula is C16H28O4. The molecule has 20 heavy (non-hydrogen) atoms. The van der Waals surface area contributed by atoms with Crippen LogP contribution >= 0.6 is 0 Å². The van der Waals surface area contributed by atoms with Gasteiger partial charge in [0.2, 0.25) is 0 Å². The summed E-state index contributed by atoms with van der Waals surface area (Å²) < 4.78 is 0. The van der Waals surface area contributed by atoms with Gasteiger partial charge in [-0.2, -0.15) is 0 Å². The summed E-state index contributed by atoms with van der Waals surface area (Å²) in [6.07, 6.45) is 9.99. The molecule has 0 aliphatic carbocycles. The van der Waals surface area contributed by atoms with Gasteiger partial charge < -0.3 is 9.90 Å². The summed E-state index contributed by atoms with van der Waals surface area (Å²) in [7, 11) is 0. The molecule has 4 heteroatoms. The van der Waals surface area contributed by atoms with Gasteiger partial charge in [-0.15, -0.1) is 0 Å². The van der Waals surface area contributed by atoms with E-state index in [0.29, 0.717) is 19.3 Å². The number of ketones is 2. The lowest BCUT2D eigenvalue weighted by Gasteiger charge is -2.02. The second-order valence-electron chi connectivity index (χ2n) is 5.46. The molecule has 0 spiro atoms. The van der Waals surface area contributed by atoms with Crippen molar-refractivity contribution < 1.29 is 19.5 Å². The Labute approximate surface area is 121 Å². The van der Waals surface area contributed by atoms with Crippen LogP contribution in [0.3, 0.4) is 0 Å². The minimum Gasteiger partial charge on any atom is -0.481 e. The maximum absolute atomic E-state index is 11.4. The molecule has 0 bridgehead atoms. The monoisotopic (exact) mass is 284 g/mol. The summed E-state index contributed by atoms with van der Waals surface area (Å²) >= 11 is 0. The van der Waals surface area contributed by atoms with Crippen molar-refractivity contribution >= 4 is 17.5 Å². The van der Waals surface area contributed by atoms with Crippen molar-refractivity contribution in [3.63, 3.8) is 0 Å². The fraction of sp³-hybridized carbons (Fsp3) is 0.812. The summed E-state index contributed by atoms with van der Waals surface area (Å²) in [4.78, 5) is 32.4. The summed E-state index contributed by atoms with van der Waals surface area (Å²) in [5, 5.41) is 8.48. The van der Waals surface area contributed by atoms with Crippen molar-refractivity contribution in [2.24, 2.45) is 0 Å². The fourth-order valence-electron chi connectivity index (χ4n) is 2.10.